The zero-order valence-electron chi connectivity index (χ0n) is 14.6. The Morgan fingerprint density at radius 2 is 2.08 bits per heavy atom. The highest BCUT2D eigenvalue weighted by molar-refractivity contribution is 5.86. The van der Waals surface area contributed by atoms with Crippen molar-refractivity contribution < 1.29 is 0 Å². The Kier molecular flexibility index (Phi) is 3.68. The number of H-pyrrole nitrogens is 1. The Hall–Kier alpha value is -2.04. The quantitative estimate of drug-likeness (QED) is 0.887. The van der Waals surface area contributed by atoms with Gasteiger partial charge in [-0.15, -0.1) is 0 Å². The SMILES string of the molecule is NC1C=CC(c2ccc3[nH]ccc3c2)=CN1C1CCN2CCCC1C2. The number of benzene rings is 1. The summed E-state index contributed by atoms with van der Waals surface area (Å²) in [5, 5.41) is 1.26. The molecule has 3 aliphatic rings. The van der Waals surface area contributed by atoms with Crippen LogP contribution in [0.3, 0.4) is 0 Å². The van der Waals surface area contributed by atoms with Crippen LogP contribution in [-0.4, -0.2) is 46.6 Å². The summed E-state index contributed by atoms with van der Waals surface area (Å²) < 4.78 is 0. The van der Waals surface area contributed by atoms with Crippen LogP contribution in [0.1, 0.15) is 24.8 Å². The second-order valence-electron chi connectivity index (χ2n) is 7.72. The minimum atomic E-state index is -0.00165. The molecule has 1 aromatic heterocycles. The molecule has 0 radical (unpaired) electrons. The van der Waals surface area contributed by atoms with Crippen molar-refractivity contribution in [1.29, 1.82) is 0 Å². The van der Waals surface area contributed by atoms with Gasteiger partial charge in [-0.05, 0) is 72.5 Å². The first-order valence-corrected chi connectivity index (χ1v) is 9.51. The minimum absolute atomic E-state index is 0.00165. The van der Waals surface area contributed by atoms with Crippen LogP contribution in [-0.2, 0) is 0 Å². The van der Waals surface area contributed by atoms with E-state index in [9.17, 15) is 0 Å². The Morgan fingerprint density at radius 1 is 1.12 bits per heavy atom. The molecule has 0 amide bonds. The lowest BCUT2D eigenvalue weighted by atomic mass is 9.83. The van der Waals surface area contributed by atoms with E-state index in [1.165, 1.54) is 60.9 Å². The molecule has 2 fully saturated rings. The van der Waals surface area contributed by atoms with Crippen molar-refractivity contribution in [3.63, 3.8) is 0 Å². The average Bonchev–Trinajstić information content (AvgIpc) is 3.11. The van der Waals surface area contributed by atoms with Crippen LogP contribution >= 0.6 is 0 Å². The summed E-state index contributed by atoms with van der Waals surface area (Å²) in [6.07, 6.45) is 12.6. The molecule has 130 valence electrons. The smallest absolute Gasteiger partial charge is 0.0963 e. The van der Waals surface area contributed by atoms with Crippen molar-refractivity contribution in [3.05, 3.63) is 54.4 Å². The van der Waals surface area contributed by atoms with Crippen molar-refractivity contribution in [2.75, 3.05) is 19.6 Å². The molecule has 4 heterocycles. The second-order valence-corrected chi connectivity index (χ2v) is 7.72. The summed E-state index contributed by atoms with van der Waals surface area (Å²) in [6, 6.07) is 9.33. The molecule has 0 aliphatic carbocycles. The van der Waals surface area contributed by atoms with Crippen LogP contribution in [0.4, 0.5) is 0 Å². The molecular formula is C21H26N4. The topological polar surface area (TPSA) is 48.3 Å². The van der Waals surface area contributed by atoms with Crippen LogP contribution in [0, 0.1) is 5.92 Å². The standard InChI is InChI=1S/C21H26N4/c22-21-6-4-17(15-3-5-19-16(12-15)7-9-23-19)14-25(21)20-8-11-24-10-1-2-18(20)13-24/h3-7,9,12,14,18,20-21,23H,1-2,8,10-11,13,22H2. The first-order chi connectivity index (χ1) is 12.3. The minimum Gasteiger partial charge on any atom is -0.361 e. The van der Waals surface area contributed by atoms with E-state index in [1.54, 1.807) is 0 Å². The number of allylic oxidation sites excluding steroid dienone is 2. The van der Waals surface area contributed by atoms with Crippen LogP contribution in [0.5, 0.6) is 0 Å². The van der Waals surface area contributed by atoms with Gasteiger partial charge in [-0.3, -0.25) is 0 Å². The number of nitrogens with two attached hydrogens (primary N) is 1. The molecule has 0 saturated carbocycles. The summed E-state index contributed by atoms with van der Waals surface area (Å²) in [5.41, 5.74) is 10.2. The highest BCUT2D eigenvalue weighted by Crippen LogP contribution is 2.34. The van der Waals surface area contributed by atoms with Crippen LogP contribution in [0.2, 0.25) is 0 Å². The number of piperidine rings is 2. The highest BCUT2D eigenvalue weighted by Gasteiger charge is 2.36. The van der Waals surface area contributed by atoms with Gasteiger partial charge in [0.1, 0.15) is 0 Å². The second kappa shape index (κ2) is 6.04. The maximum atomic E-state index is 6.47. The lowest BCUT2D eigenvalue weighted by Gasteiger charge is -2.48. The van der Waals surface area contributed by atoms with Gasteiger partial charge in [0.2, 0.25) is 0 Å². The Balaban J connectivity index is 1.46. The van der Waals surface area contributed by atoms with Crippen molar-refractivity contribution in [2.24, 2.45) is 11.7 Å². The van der Waals surface area contributed by atoms with Gasteiger partial charge < -0.3 is 20.5 Å². The third-order valence-corrected chi connectivity index (χ3v) is 6.20. The fourth-order valence-electron chi connectivity index (χ4n) is 4.86. The van der Waals surface area contributed by atoms with Gasteiger partial charge in [0.05, 0.1) is 6.17 Å². The van der Waals surface area contributed by atoms with E-state index in [1.807, 2.05) is 6.20 Å². The largest absolute Gasteiger partial charge is 0.361 e. The van der Waals surface area contributed by atoms with Gasteiger partial charge in [-0.1, -0.05) is 12.1 Å². The molecule has 4 nitrogen and oxygen atoms in total. The zero-order valence-corrected chi connectivity index (χ0v) is 14.6. The maximum absolute atomic E-state index is 6.47. The fraction of sp³-hybridized carbons (Fsp3) is 0.429. The molecule has 2 bridgehead atoms. The first-order valence-electron chi connectivity index (χ1n) is 9.51. The Labute approximate surface area is 149 Å². The van der Waals surface area contributed by atoms with Crippen molar-refractivity contribution in [3.8, 4) is 0 Å². The van der Waals surface area contributed by atoms with Crippen LogP contribution in [0.15, 0.2) is 48.8 Å². The van der Waals surface area contributed by atoms with E-state index in [0.29, 0.717) is 6.04 Å². The number of aromatic nitrogens is 1. The first kappa shape index (κ1) is 15.2. The van der Waals surface area contributed by atoms with Crippen molar-refractivity contribution in [2.45, 2.75) is 31.5 Å². The van der Waals surface area contributed by atoms with E-state index in [2.05, 4.69) is 57.4 Å². The summed E-state index contributed by atoms with van der Waals surface area (Å²) >= 11 is 0. The number of aromatic amines is 1. The number of nitrogens with one attached hydrogen (secondary N) is 1. The molecule has 5 rings (SSSR count). The van der Waals surface area contributed by atoms with Crippen LogP contribution in [0.25, 0.3) is 16.5 Å². The molecule has 0 spiro atoms. The molecule has 4 unspecified atom stereocenters. The van der Waals surface area contributed by atoms with E-state index in [0.717, 1.165) is 5.92 Å². The molecule has 2 aromatic rings. The Morgan fingerprint density at radius 3 is 3.04 bits per heavy atom. The monoisotopic (exact) mass is 334 g/mol. The normalized spacial score (nSPS) is 32.0. The summed E-state index contributed by atoms with van der Waals surface area (Å²) in [4.78, 5) is 8.33. The predicted octanol–water partition coefficient (Wildman–Crippen LogP) is 3.15. The molecular weight excluding hydrogens is 308 g/mol. The maximum Gasteiger partial charge on any atom is 0.0963 e. The van der Waals surface area contributed by atoms with Crippen molar-refractivity contribution in [1.82, 2.24) is 14.8 Å². The average molecular weight is 334 g/mol. The molecule has 4 heteroatoms. The van der Waals surface area contributed by atoms with Crippen molar-refractivity contribution >= 4 is 16.5 Å². The number of hydrogen-bond acceptors (Lipinski definition) is 3. The fourth-order valence-corrected chi connectivity index (χ4v) is 4.86. The van der Waals surface area contributed by atoms with Gasteiger partial charge in [-0.25, -0.2) is 0 Å². The number of fused-ring (bicyclic) bond motifs is 3. The highest BCUT2D eigenvalue weighted by atomic mass is 15.3. The third kappa shape index (κ3) is 2.70. The lowest BCUT2D eigenvalue weighted by molar-refractivity contribution is 0.0389. The zero-order chi connectivity index (χ0) is 16.8. The van der Waals surface area contributed by atoms with Gasteiger partial charge >= 0.3 is 0 Å². The lowest BCUT2D eigenvalue weighted by Crippen LogP contribution is -2.56. The number of nitrogens with zero attached hydrogens (tertiary/aromatic N) is 2. The summed E-state index contributed by atoms with van der Waals surface area (Å²) in [5.74, 6) is 0.754. The van der Waals surface area contributed by atoms with E-state index >= 15 is 0 Å². The molecule has 3 N–H and O–H groups in total. The molecule has 25 heavy (non-hydrogen) atoms. The molecule has 1 aromatic carbocycles. The van der Waals surface area contributed by atoms with Gasteiger partial charge in [0.25, 0.3) is 0 Å². The molecule has 2 saturated heterocycles. The van der Waals surface area contributed by atoms with Crippen LogP contribution < -0.4 is 5.73 Å². The number of hydrogen-bond donors (Lipinski definition) is 2. The summed E-state index contributed by atoms with van der Waals surface area (Å²) in [7, 11) is 0. The van der Waals surface area contributed by atoms with E-state index in [-0.39, 0.29) is 6.17 Å². The third-order valence-electron chi connectivity index (χ3n) is 6.20. The summed E-state index contributed by atoms with van der Waals surface area (Å²) in [6.45, 7) is 3.75. The number of rotatable bonds is 2. The van der Waals surface area contributed by atoms with Gasteiger partial charge in [0, 0.05) is 37.0 Å². The van der Waals surface area contributed by atoms with E-state index in [4.69, 9.17) is 5.73 Å². The van der Waals surface area contributed by atoms with E-state index < -0.39 is 0 Å². The Bertz CT molecular complexity index is 833. The van der Waals surface area contributed by atoms with Gasteiger partial charge in [0.15, 0.2) is 0 Å². The predicted molar refractivity (Wildman–Crippen MR) is 103 cm³/mol. The molecule has 3 aliphatic heterocycles. The van der Waals surface area contributed by atoms with Gasteiger partial charge in [-0.2, -0.15) is 0 Å². The molecule has 4 atom stereocenters.